The van der Waals surface area contributed by atoms with E-state index in [1.165, 1.54) is 12.8 Å². The van der Waals surface area contributed by atoms with Gasteiger partial charge in [-0.3, -0.25) is 4.90 Å². The molecule has 0 saturated carbocycles. The zero-order valence-electron chi connectivity index (χ0n) is 12.1. The maximum atomic E-state index is 9.24. The largest absolute Gasteiger partial charge is 0.394 e. The van der Waals surface area contributed by atoms with Crippen molar-refractivity contribution in [3.63, 3.8) is 0 Å². The Labute approximate surface area is 106 Å². The van der Waals surface area contributed by atoms with E-state index < -0.39 is 0 Å². The van der Waals surface area contributed by atoms with E-state index in [2.05, 4.69) is 39.5 Å². The summed E-state index contributed by atoms with van der Waals surface area (Å²) in [6.07, 6.45) is 2.44. The van der Waals surface area contributed by atoms with Gasteiger partial charge in [0.05, 0.1) is 18.3 Å². The second kappa shape index (κ2) is 5.68. The normalized spacial score (nSPS) is 26.1. The van der Waals surface area contributed by atoms with E-state index in [4.69, 9.17) is 4.74 Å². The van der Waals surface area contributed by atoms with Crippen LogP contribution in [-0.2, 0) is 4.74 Å². The molecule has 0 radical (unpaired) electrons. The minimum absolute atomic E-state index is 0.0200. The Morgan fingerprint density at radius 2 is 2.00 bits per heavy atom. The van der Waals surface area contributed by atoms with Crippen LogP contribution >= 0.6 is 0 Å². The number of aliphatic hydroxyl groups excluding tert-OH is 1. The van der Waals surface area contributed by atoms with Crippen molar-refractivity contribution < 1.29 is 9.84 Å². The number of ether oxygens (including phenoxy) is 1. The number of aliphatic hydroxyl groups is 1. The zero-order valence-corrected chi connectivity index (χ0v) is 12.1. The fourth-order valence-corrected chi connectivity index (χ4v) is 2.52. The Hall–Kier alpha value is -0.120. The summed E-state index contributed by atoms with van der Waals surface area (Å²) in [6.45, 7) is 14.1. The lowest BCUT2D eigenvalue weighted by molar-refractivity contribution is -0.149. The van der Waals surface area contributed by atoms with Gasteiger partial charge in [0, 0.05) is 13.1 Å². The first-order chi connectivity index (χ1) is 7.72. The van der Waals surface area contributed by atoms with Gasteiger partial charge >= 0.3 is 0 Å². The van der Waals surface area contributed by atoms with Crippen molar-refractivity contribution in [1.82, 2.24) is 4.90 Å². The maximum absolute atomic E-state index is 9.24. The molecule has 17 heavy (non-hydrogen) atoms. The first-order valence-corrected chi connectivity index (χ1v) is 6.73. The van der Waals surface area contributed by atoms with Crippen LogP contribution in [0.3, 0.4) is 0 Å². The molecule has 3 nitrogen and oxygen atoms in total. The van der Waals surface area contributed by atoms with Crippen LogP contribution in [0.15, 0.2) is 0 Å². The molecule has 0 aromatic carbocycles. The molecular formula is C14H29NO2. The molecule has 0 spiro atoms. The third kappa shape index (κ3) is 5.84. The van der Waals surface area contributed by atoms with Gasteiger partial charge in [-0.15, -0.1) is 0 Å². The summed E-state index contributed by atoms with van der Waals surface area (Å²) in [5, 5.41) is 9.24. The molecule has 1 heterocycles. The molecule has 0 aromatic heterocycles. The fourth-order valence-electron chi connectivity index (χ4n) is 2.52. The van der Waals surface area contributed by atoms with Gasteiger partial charge in [-0.1, -0.05) is 20.8 Å². The SMILES string of the molecule is CC(C)(C)CCCN1CC(CO)OC(C)(C)C1. The number of nitrogens with zero attached hydrogens (tertiary/aromatic N) is 1. The Morgan fingerprint density at radius 3 is 2.53 bits per heavy atom. The van der Waals surface area contributed by atoms with Crippen molar-refractivity contribution in [2.24, 2.45) is 5.41 Å². The van der Waals surface area contributed by atoms with Crippen LogP contribution in [0, 0.1) is 5.41 Å². The first-order valence-electron chi connectivity index (χ1n) is 6.73. The molecule has 1 atom stereocenters. The summed E-state index contributed by atoms with van der Waals surface area (Å²) >= 11 is 0. The lowest BCUT2D eigenvalue weighted by Crippen LogP contribution is -2.53. The van der Waals surface area contributed by atoms with Crippen molar-refractivity contribution in [2.45, 2.75) is 59.2 Å². The van der Waals surface area contributed by atoms with E-state index in [0.29, 0.717) is 5.41 Å². The van der Waals surface area contributed by atoms with Crippen LogP contribution in [0.2, 0.25) is 0 Å². The predicted molar refractivity (Wildman–Crippen MR) is 71.2 cm³/mol. The van der Waals surface area contributed by atoms with Crippen LogP contribution in [0.5, 0.6) is 0 Å². The van der Waals surface area contributed by atoms with Crippen molar-refractivity contribution in [1.29, 1.82) is 0 Å². The minimum Gasteiger partial charge on any atom is -0.394 e. The number of hydrogen-bond acceptors (Lipinski definition) is 3. The lowest BCUT2D eigenvalue weighted by Gasteiger charge is -2.42. The van der Waals surface area contributed by atoms with Gasteiger partial charge in [0.25, 0.3) is 0 Å². The van der Waals surface area contributed by atoms with Gasteiger partial charge in [0.1, 0.15) is 0 Å². The first kappa shape index (κ1) is 14.9. The topological polar surface area (TPSA) is 32.7 Å². The lowest BCUT2D eigenvalue weighted by atomic mass is 9.90. The molecule has 1 aliphatic rings. The van der Waals surface area contributed by atoms with Crippen LogP contribution < -0.4 is 0 Å². The average molecular weight is 243 g/mol. The molecule has 1 fully saturated rings. The van der Waals surface area contributed by atoms with E-state index in [-0.39, 0.29) is 18.3 Å². The highest BCUT2D eigenvalue weighted by Crippen LogP contribution is 2.24. The third-order valence-corrected chi connectivity index (χ3v) is 3.16. The van der Waals surface area contributed by atoms with E-state index >= 15 is 0 Å². The molecule has 1 N–H and O–H groups in total. The molecule has 0 aromatic rings. The maximum Gasteiger partial charge on any atom is 0.0940 e. The van der Waals surface area contributed by atoms with Crippen LogP contribution in [-0.4, -0.2) is 48.0 Å². The Kier molecular flexibility index (Phi) is 4.99. The highest BCUT2D eigenvalue weighted by Gasteiger charge is 2.32. The fraction of sp³-hybridized carbons (Fsp3) is 1.00. The second-order valence-electron chi connectivity index (χ2n) is 7.08. The highest BCUT2D eigenvalue weighted by atomic mass is 16.5. The second-order valence-corrected chi connectivity index (χ2v) is 7.08. The van der Waals surface area contributed by atoms with Crippen molar-refractivity contribution in [2.75, 3.05) is 26.2 Å². The van der Waals surface area contributed by atoms with Gasteiger partial charge < -0.3 is 9.84 Å². The Bertz CT molecular complexity index is 233. The number of rotatable bonds is 4. The zero-order chi connectivity index (χ0) is 13.1. The molecule has 3 heteroatoms. The molecule has 1 rings (SSSR count). The summed E-state index contributed by atoms with van der Waals surface area (Å²) in [6, 6.07) is 0. The Balaban J connectivity index is 2.37. The monoisotopic (exact) mass is 243 g/mol. The molecular weight excluding hydrogens is 214 g/mol. The molecule has 102 valence electrons. The van der Waals surface area contributed by atoms with Crippen LogP contribution in [0.25, 0.3) is 0 Å². The van der Waals surface area contributed by atoms with Crippen LogP contribution in [0.1, 0.15) is 47.5 Å². The van der Waals surface area contributed by atoms with Crippen molar-refractivity contribution in [3.8, 4) is 0 Å². The number of morpholine rings is 1. The average Bonchev–Trinajstić information content (AvgIpc) is 2.13. The summed E-state index contributed by atoms with van der Waals surface area (Å²) < 4.78 is 5.81. The van der Waals surface area contributed by atoms with Crippen LogP contribution in [0.4, 0.5) is 0 Å². The van der Waals surface area contributed by atoms with Gasteiger partial charge in [-0.2, -0.15) is 0 Å². The molecule has 0 bridgehead atoms. The molecule has 1 aliphatic heterocycles. The summed E-state index contributed by atoms with van der Waals surface area (Å²) in [7, 11) is 0. The Morgan fingerprint density at radius 1 is 1.35 bits per heavy atom. The minimum atomic E-state index is -0.132. The third-order valence-electron chi connectivity index (χ3n) is 3.16. The summed E-state index contributed by atoms with van der Waals surface area (Å²) in [4.78, 5) is 2.43. The highest BCUT2D eigenvalue weighted by molar-refractivity contribution is 4.84. The van der Waals surface area contributed by atoms with E-state index in [1.807, 2.05) is 0 Å². The van der Waals surface area contributed by atoms with E-state index in [0.717, 1.165) is 19.6 Å². The summed E-state index contributed by atoms with van der Waals surface area (Å²) in [5.74, 6) is 0. The van der Waals surface area contributed by atoms with Gasteiger partial charge in [-0.25, -0.2) is 0 Å². The quantitative estimate of drug-likeness (QED) is 0.822. The standard InChI is InChI=1S/C14H29NO2/c1-13(2,3)7-6-8-15-9-12(10-16)17-14(4,5)11-15/h12,16H,6-11H2,1-5H3. The van der Waals surface area contributed by atoms with Crippen molar-refractivity contribution >= 4 is 0 Å². The molecule has 0 amide bonds. The van der Waals surface area contributed by atoms with Gasteiger partial charge in [0.15, 0.2) is 0 Å². The van der Waals surface area contributed by atoms with E-state index in [1.54, 1.807) is 0 Å². The van der Waals surface area contributed by atoms with Gasteiger partial charge in [-0.05, 0) is 38.6 Å². The van der Waals surface area contributed by atoms with Gasteiger partial charge in [0.2, 0.25) is 0 Å². The molecule has 1 saturated heterocycles. The van der Waals surface area contributed by atoms with E-state index in [9.17, 15) is 5.11 Å². The smallest absolute Gasteiger partial charge is 0.0940 e. The predicted octanol–water partition coefficient (Wildman–Crippen LogP) is 2.28. The molecule has 1 unspecified atom stereocenters. The summed E-state index contributed by atoms with van der Waals surface area (Å²) in [5.41, 5.74) is 0.283. The number of hydrogen-bond donors (Lipinski definition) is 1. The van der Waals surface area contributed by atoms with Crippen molar-refractivity contribution in [3.05, 3.63) is 0 Å². The molecule has 0 aliphatic carbocycles.